The molecule has 5 heteroatoms. The van der Waals surface area contributed by atoms with Crippen LogP contribution in [0.4, 0.5) is 4.39 Å². The average molecular weight is 229 g/mol. The van der Waals surface area contributed by atoms with Crippen LogP contribution in [0, 0.1) is 0 Å². The van der Waals surface area contributed by atoms with E-state index in [0.29, 0.717) is 19.0 Å². The van der Waals surface area contributed by atoms with Crippen molar-refractivity contribution < 1.29 is 13.2 Å². The maximum Gasteiger partial charge on any atom is 0.152 e. The van der Waals surface area contributed by atoms with Gasteiger partial charge in [0.1, 0.15) is 0 Å². The Morgan fingerprint density at radius 2 is 1.79 bits per heavy atom. The second-order valence-corrected chi connectivity index (χ2v) is 3.54. The van der Waals surface area contributed by atoms with E-state index in [1.165, 1.54) is 0 Å². The highest BCUT2D eigenvalue weighted by atomic mass is 32.2. The van der Waals surface area contributed by atoms with Gasteiger partial charge in [0.15, 0.2) is 11.1 Å². The molecule has 0 heterocycles. The molecule has 0 aromatic rings. The Kier molecular flexibility index (Phi) is 26.1. The van der Waals surface area contributed by atoms with Crippen molar-refractivity contribution in [3.8, 4) is 0 Å². The molecule has 90 valence electrons. The van der Waals surface area contributed by atoms with Gasteiger partial charge in [-0.15, -0.1) is 0 Å². The number of hydrogen-bond acceptors (Lipinski definition) is 2. The van der Waals surface area contributed by atoms with Crippen LogP contribution in [0.1, 0.15) is 34.1 Å². The third kappa shape index (κ3) is 29.6. The minimum Gasteiger partial charge on any atom is -0.314 e. The minimum atomic E-state index is -1.62. The quantitative estimate of drug-likeness (QED) is 0.561. The van der Waals surface area contributed by atoms with Gasteiger partial charge >= 0.3 is 0 Å². The first-order valence-corrected chi connectivity index (χ1v) is 6.09. The fourth-order valence-corrected chi connectivity index (χ4v) is 0.978. The zero-order chi connectivity index (χ0) is 12.0. The number of hydrogen-bond donors (Lipinski definition) is 2. The summed E-state index contributed by atoms with van der Waals surface area (Å²) in [4.78, 5) is 0. The van der Waals surface area contributed by atoms with Crippen LogP contribution in [-0.4, -0.2) is 34.3 Å². The Morgan fingerprint density at radius 3 is 2.07 bits per heavy atom. The first kappa shape index (κ1) is 19.6. The van der Waals surface area contributed by atoms with E-state index in [9.17, 15) is 8.60 Å². The van der Waals surface area contributed by atoms with Crippen molar-refractivity contribution in [1.82, 2.24) is 5.32 Å². The molecule has 0 aliphatic carbocycles. The van der Waals surface area contributed by atoms with Crippen LogP contribution in [0.2, 0.25) is 0 Å². The largest absolute Gasteiger partial charge is 0.314 e. The van der Waals surface area contributed by atoms with E-state index in [4.69, 9.17) is 4.55 Å². The second kappa shape index (κ2) is 18.7. The normalized spacial score (nSPS) is 10.9. The van der Waals surface area contributed by atoms with Crippen LogP contribution in [0.25, 0.3) is 0 Å². The Balaban J connectivity index is -0.000000266. The van der Waals surface area contributed by atoms with Crippen LogP contribution in [-0.2, 0) is 11.1 Å². The molecule has 0 bridgehead atoms. The van der Waals surface area contributed by atoms with E-state index in [1.807, 2.05) is 13.8 Å². The maximum absolute atomic E-state index is 10.1. The van der Waals surface area contributed by atoms with Crippen molar-refractivity contribution in [2.24, 2.45) is 0 Å². The van der Waals surface area contributed by atoms with Gasteiger partial charge in [0.05, 0.1) is 12.9 Å². The fourth-order valence-electron chi connectivity index (χ4n) is 0.586. The van der Waals surface area contributed by atoms with Gasteiger partial charge in [0.2, 0.25) is 0 Å². The third-order valence-corrected chi connectivity index (χ3v) is 1.69. The lowest BCUT2D eigenvalue weighted by Crippen LogP contribution is -2.24. The molecular formula is C9H24FNO2S. The molecule has 0 amide bonds. The van der Waals surface area contributed by atoms with Gasteiger partial charge in [0.25, 0.3) is 0 Å². The van der Waals surface area contributed by atoms with E-state index in [2.05, 4.69) is 19.2 Å². The summed E-state index contributed by atoms with van der Waals surface area (Å²) in [5, 5.41) is 3.16. The molecule has 0 saturated carbocycles. The fraction of sp³-hybridized carbons (Fsp3) is 1.00. The Hall–Kier alpha value is -0.0000000000000000278. The highest BCUT2D eigenvalue weighted by molar-refractivity contribution is 7.79. The molecule has 3 nitrogen and oxygen atoms in total. The van der Waals surface area contributed by atoms with Crippen molar-refractivity contribution in [1.29, 1.82) is 0 Å². The Morgan fingerprint density at radius 1 is 1.36 bits per heavy atom. The molecule has 0 aromatic carbocycles. The maximum atomic E-state index is 10.1. The molecule has 14 heavy (non-hydrogen) atoms. The molecule has 1 unspecified atom stereocenters. The summed E-state index contributed by atoms with van der Waals surface area (Å²) in [6.07, 6.45) is 0.765. The molecule has 0 aliphatic rings. The minimum absolute atomic E-state index is 0.375. The molecule has 0 saturated heterocycles. The van der Waals surface area contributed by atoms with Crippen molar-refractivity contribution in [3.05, 3.63) is 0 Å². The highest BCUT2D eigenvalue weighted by Crippen LogP contribution is 1.83. The number of nitrogens with one attached hydrogen (secondary N) is 1. The van der Waals surface area contributed by atoms with Crippen molar-refractivity contribution in [3.63, 3.8) is 0 Å². The van der Waals surface area contributed by atoms with Crippen molar-refractivity contribution in [2.75, 3.05) is 19.5 Å². The van der Waals surface area contributed by atoms with E-state index in [1.54, 1.807) is 0 Å². The SMILES string of the molecule is CC.CC(C)NCCCS(=O)O.CF. The number of alkyl halides is 1. The summed E-state index contributed by atoms with van der Waals surface area (Å²) in [6.45, 7) is 8.93. The summed E-state index contributed by atoms with van der Waals surface area (Å²) in [5.41, 5.74) is 0. The van der Waals surface area contributed by atoms with Gasteiger partial charge < -0.3 is 9.87 Å². The highest BCUT2D eigenvalue weighted by Gasteiger charge is 1.94. The predicted octanol–water partition coefficient (Wildman–Crippen LogP) is 2.21. The topological polar surface area (TPSA) is 49.3 Å². The first-order valence-electron chi connectivity index (χ1n) is 4.81. The van der Waals surface area contributed by atoms with E-state index in [0.717, 1.165) is 13.0 Å². The summed E-state index contributed by atoms with van der Waals surface area (Å²) < 4.78 is 28.0. The second-order valence-electron chi connectivity index (χ2n) is 2.49. The first-order chi connectivity index (χ1) is 6.63. The summed E-state index contributed by atoms with van der Waals surface area (Å²) in [5.74, 6) is 0.375. The molecule has 2 N–H and O–H groups in total. The van der Waals surface area contributed by atoms with E-state index < -0.39 is 11.1 Å². The zero-order valence-corrected chi connectivity index (χ0v) is 10.7. The Labute approximate surface area is 89.8 Å². The van der Waals surface area contributed by atoms with Crippen molar-refractivity contribution >= 4 is 11.1 Å². The molecule has 0 radical (unpaired) electrons. The van der Waals surface area contributed by atoms with Crippen LogP contribution in [0.5, 0.6) is 0 Å². The zero-order valence-electron chi connectivity index (χ0n) is 9.84. The molecular weight excluding hydrogens is 205 g/mol. The van der Waals surface area contributed by atoms with Gasteiger partial charge in [-0.1, -0.05) is 27.7 Å². The summed E-state index contributed by atoms with van der Waals surface area (Å²) in [7, 11) is 0.500. The summed E-state index contributed by atoms with van der Waals surface area (Å²) in [6, 6.07) is 0.465. The van der Waals surface area contributed by atoms with Crippen molar-refractivity contribution in [2.45, 2.75) is 40.2 Å². The number of rotatable bonds is 5. The monoisotopic (exact) mass is 229 g/mol. The van der Waals surface area contributed by atoms with E-state index >= 15 is 0 Å². The lowest BCUT2D eigenvalue weighted by molar-refractivity contribution is 0.549. The molecule has 0 rings (SSSR count). The number of halogens is 1. The molecule has 0 aliphatic heterocycles. The molecule has 0 aromatic heterocycles. The van der Waals surface area contributed by atoms with Crippen LogP contribution in [0.3, 0.4) is 0 Å². The van der Waals surface area contributed by atoms with Crippen LogP contribution in [0.15, 0.2) is 0 Å². The van der Waals surface area contributed by atoms with E-state index in [-0.39, 0.29) is 0 Å². The molecule has 1 atom stereocenters. The van der Waals surface area contributed by atoms with Crippen LogP contribution < -0.4 is 5.32 Å². The van der Waals surface area contributed by atoms with Gasteiger partial charge in [-0.2, -0.15) is 0 Å². The molecule has 0 fully saturated rings. The average Bonchev–Trinajstić information content (AvgIpc) is 2.18. The Bertz CT molecular complexity index is 113. The standard InChI is InChI=1S/C6H15NO2S.C2H6.CH3F/c1-6(2)7-4-3-5-10(8)9;2*1-2/h6-7H,3-5H2,1-2H3,(H,8,9);1-2H3;1H3. The van der Waals surface area contributed by atoms with Gasteiger partial charge in [-0.05, 0) is 13.0 Å². The molecule has 0 spiro atoms. The smallest absolute Gasteiger partial charge is 0.152 e. The summed E-state index contributed by atoms with van der Waals surface area (Å²) >= 11 is -1.62. The van der Waals surface area contributed by atoms with Crippen LogP contribution >= 0.6 is 0 Å². The van der Waals surface area contributed by atoms with Gasteiger partial charge in [-0.25, -0.2) is 4.21 Å². The predicted molar refractivity (Wildman–Crippen MR) is 61.8 cm³/mol. The van der Waals surface area contributed by atoms with Gasteiger partial charge in [-0.3, -0.25) is 4.39 Å². The lowest BCUT2D eigenvalue weighted by Gasteiger charge is -2.05. The third-order valence-electron chi connectivity index (χ3n) is 1.05. The van der Waals surface area contributed by atoms with Gasteiger partial charge in [0, 0.05) is 6.04 Å². The lowest BCUT2D eigenvalue weighted by atomic mass is 10.4.